The van der Waals surface area contributed by atoms with Gasteiger partial charge >= 0.3 is 6.03 Å². The van der Waals surface area contributed by atoms with E-state index >= 15 is 0 Å². The predicted octanol–water partition coefficient (Wildman–Crippen LogP) is 5.44. The van der Waals surface area contributed by atoms with Crippen LogP contribution in [0.1, 0.15) is 16.8 Å². The molecule has 1 aromatic carbocycles. The minimum Gasteiger partial charge on any atom is -0.278 e. The van der Waals surface area contributed by atoms with Crippen molar-refractivity contribution in [1.29, 1.82) is 0 Å². The third-order valence-corrected chi connectivity index (χ3v) is 6.36. The molecule has 0 saturated carbocycles. The van der Waals surface area contributed by atoms with Crippen LogP contribution in [0.5, 0.6) is 0 Å². The van der Waals surface area contributed by atoms with Crippen molar-refractivity contribution in [3.05, 3.63) is 106 Å². The zero-order valence-electron chi connectivity index (χ0n) is 17.2. The van der Waals surface area contributed by atoms with E-state index in [1.807, 2.05) is 72.9 Å². The molecule has 2 aliphatic heterocycles. The lowest BCUT2D eigenvalue weighted by molar-refractivity contribution is 0.0521. The fraction of sp³-hybridized carbons (Fsp3) is 0.125. The molecule has 1 saturated heterocycles. The number of allylic oxidation sites excluding steroid dienone is 2. The summed E-state index contributed by atoms with van der Waals surface area (Å²) in [7, 11) is 1.93. The van der Waals surface area contributed by atoms with Crippen LogP contribution in [0.3, 0.4) is 0 Å². The summed E-state index contributed by atoms with van der Waals surface area (Å²) in [6.45, 7) is 0.378. The number of pyridine rings is 2. The molecular formula is C24H19BrClN5O. The van der Waals surface area contributed by atoms with E-state index < -0.39 is 0 Å². The van der Waals surface area contributed by atoms with E-state index in [4.69, 9.17) is 11.6 Å². The van der Waals surface area contributed by atoms with Gasteiger partial charge in [-0.05, 0) is 75.1 Å². The molecule has 0 bridgehead atoms. The maximum atomic E-state index is 13.4. The predicted molar refractivity (Wildman–Crippen MR) is 128 cm³/mol. The molecule has 5 rings (SSSR count). The summed E-state index contributed by atoms with van der Waals surface area (Å²) in [5, 5.41) is 4.38. The Labute approximate surface area is 199 Å². The average Bonchev–Trinajstić information content (AvgIpc) is 3.06. The lowest BCUT2D eigenvalue weighted by Gasteiger charge is -2.32. The molecule has 32 heavy (non-hydrogen) atoms. The highest BCUT2D eigenvalue weighted by atomic mass is 79.9. The number of rotatable bonds is 4. The average molecular weight is 509 g/mol. The lowest BCUT2D eigenvalue weighted by atomic mass is 9.90. The highest BCUT2D eigenvalue weighted by Gasteiger charge is 2.45. The number of carbonyl (C=O) groups excluding carboxylic acids is 1. The number of aromatic nitrogens is 2. The van der Waals surface area contributed by atoms with Gasteiger partial charge in [0.2, 0.25) is 0 Å². The summed E-state index contributed by atoms with van der Waals surface area (Å²) in [4.78, 5) is 23.7. The van der Waals surface area contributed by atoms with E-state index in [1.165, 1.54) is 0 Å². The van der Waals surface area contributed by atoms with Crippen LogP contribution < -0.4 is 0 Å². The van der Waals surface area contributed by atoms with Crippen LogP contribution in [0, 0.1) is 0 Å². The van der Waals surface area contributed by atoms with Crippen LogP contribution in [0.25, 0.3) is 11.1 Å². The molecule has 160 valence electrons. The molecule has 2 amide bonds. The van der Waals surface area contributed by atoms with Gasteiger partial charge in [0, 0.05) is 46.9 Å². The summed E-state index contributed by atoms with van der Waals surface area (Å²) in [5.41, 5.74) is 4.92. The van der Waals surface area contributed by atoms with Crippen molar-refractivity contribution >= 4 is 44.7 Å². The van der Waals surface area contributed by atoms with Crippen molar-refractivity contribution in [2.24, 2.45) is 0 Å². The van der Waals surface area contributed by atoms with E-state index in [9.17, 15) is 4.79 Å². The van der Waals surface area contributed by atoms with Crippen molar-refractivity contribution < 1.29 is 4.79 Å². The van der Waals surface area contributed by atoms with Crippen LogP contribution in [0.15, 0.2) is 83.9 Å². The fourth-order valence-corrected chi connectivity index (χ4v) is 4.45. The molecular weight excluding hydrogens is 490 g/mol. The van der Waals surface area contributed by atoms with Crippen molar-refractivity contribution in [2.45, 2.75) is 12.7 Å². The first-order valence-electron chi connectivity index (χ1n) is 10.0. The maximum absolute atomic E-state index is 13.4. The third-order valence-electron chi connectivity index (χ3n) is 5.64. The number of carbonyl (C=O) groups is 1. The van der Waals surface area contributed by atoms with E-state index in [-0.39, 0.29) is 12.2 Å². The molecule has 1 fully saturated rings. The number of hydrogen-bond acceptors (Lipinski definition) is 4. The van der Waals surface area contributed by atoms with Crippen molar-refractivity contribution in [3.8, 4) is 0 Å². The summed E-state index contributed by atoms with van der Waals surface area (Å²) in [6.07, 6.45) is 8.83. The molecule has 0 aliphatic carbocycles. The molecule has 0 spiro atoms. The maximum Gasteiger partial charge on any atom is 0.340 e. The Morgan fingerprint density at radius 3 is 2.47 bits per heavy atom. The normalized spacial score (nSPS) is 18.5. The van der Waals surface area contributed by atoms with E-state index in [0.717, 1.165) is 32.4 Å². The molecule has 1 unspecified atom stereocenters. The molecule has 2 aromatic heterocycles. The third kappa shape index (κ3) is 3.72. The highest BCUT2D eigenvalue weighted by Crippen LogP contribution is 2.41. The first-order valence-corrected chi connectivity index (χ1v) is 11.2. The molecule has 8 heteroatoms. The molecule has 4 heterocycles. The van der Waals surface area contributed by atoms with E-state index in [1.54, 1.807) is 28.5 Å². The Balaban J connectivity index is 1.59. The van der Waals surface area contributed by atoms with Crippen molar-refractivity contribution in [2.75, 3.05) is 7.05 Å². The summed E-state index contributed by atoms with van der Waals surface area (Å²) in [6, 6.07) is 15.4. The van der Waals surface area contributed by atoms with Crippen LogP contribution in [-0.2, 0) is 6.54 Å². The number of likely N-dealkylation sites (N-methyl/N-ethyl adjacent to an activating group) is 1. The number of hydrogen-bond donors (Lipinski definition) is 0. The molecule has 2 aliphatic rings. The Bertz CT molecular complexity index is 1210. The monoisotopic (exact) mass is 507 g/mol. The Morgan fingerprint density at radius 1 is 1.03 bits per heavy atom. The lowest BCUT2D eigenvalue weighted by Crippen LogP contribution is -2.40. The van der Waals surface area contributed by atoms with E-state index in [0.29, 0.717) is 11.6 Å². The van der Waals surface area contributed by atoms with Gasteiger partial charge in [0.1, 0.15) is 6.17 Å². The first kappa shape index (κ1) is 20.9. The Morgan fingerprint density at radius 2 is 1.78 bits per heavy atom. The van der Waals surface area contributed by atoms with Gasteiger partial charge in [-0.25, -0.2) is 9.80 Å². The fourth-order valence-electron chi connectivity index (χ4n) is 4.09. The summed E-state index contributed by atoms with van der Waals surface area (Å²) >= 11 is 9.53. The van der Waals surface area contributed by atoms with Gasteiger partial charge in [-0.1, -0.05) is 23.7 Å². The molecule has 0 radical (unpaired) electrons. The SMILES string of the molecule is CN1C2C(c3ccncc3)=C(c3ccc(Cl)cc3)C=CN2C(=O)N1Cc1ccc(Br)cn1. The minimum atomic E-state index is -0.295. The van der Waals surface area contributed by atoms with Crippen LogP contribution in [-0.4, -0.2) is 44.1 Å². The van der Waals surface area contributed by atoms with Gasteiger partial charge in [0.05, 0.1) is 12.2 Å². The number of nitrogens with zero attached hydrogens (tertiary/aromatic N) is 5. The Kier molecular flexibility index (Phi) is 5.55. The number of halogens is 2. The zero-order chi connectivity index (χ0) is 22.2. The quantitative estimate of drug-likeness (QED) is 0.471. The van der Waals surface area contributed by atoms with Crippen LogP contribution in [0.4, 0.5) is 4.79 Å². The largest absolute Gasteiger partial charge is 0.340 e. The van der Waals surface area contributed by atoms with Gasteiger partial charge in [-0.15, -0.1) is 0 Å². The smallest absolute Gasteiger partial charge is 0.278 e. The second kappa shape index (κ2) is 8.50. The van der Waals surface area contributed by atoms with Crippen LogP contribution >= 0.6 is 27.5 Å². The minimum absolute atomic E-state index is 0.0971. The summed E-state index contributed by atoms with van der Waals surface area (Å²) < 4.78 is 0.901. The topological polar surface area (TPSA) is 52.6 Å². The second-order valence-corrected chi connectivity index (χ2v) is 8.90. The van der Waals surface area contributed by atoms with Gasteiger partial charge in [0.15, 0.2) is 0 Å². The zero-order valence-corrected chi connectivity index (χ0v) is 19.5. The highest BCUT2D eigenvalue weighted by molar-refractivity contribution is 9.10. The standard InChI is InChI=1S/C24H19BrClN5O/c1-29-23-22(17-8-11-27-12-9-17)21(16-2-5-19(26)6-3-16)10-13-30(23)24(32)31(29)15-20-7-4-18(25)14-28-20/h2-14,23H,15H2,1H3. The molecule has 0 N–H and O–H groups in total. The Hall–Kier alpha value is -3.00. The van der Waals surface area contributed by atoms with Crippen LogP contribution in [0.2, 0.25) is 5.02 Å². The first-order chi connectivity index (χ1) is 15.5. The molecule has 6 nitrogen and oxygen atoms in total. The van der Waals surface area contributed by atoms with Gasteiger partial charge in [-0.3, -0.25) is 14.9 Å². The number of fused-ring (bicyclic) bond motifs is 1. The number of hydrazine groups is 1. The van der Waals surface area contributed by atoms with Crippen molar-refractivity contribution in [3.63, 3.8) is 0 Å². The number of urea groups is 1. The molecule has 1 atom stereocenters. The molecule has 3 aromatic rings. The number of benzene rings is 1. The van der Waals surface area contributed by atoms with Gasteiger partial charge in [0.25, 0.3) is 0 Å². The number of amides is 2. The van der Waals surface area contributed by atoms with Crippen molar-refractivity contribution in [1.82, 2.24) is 24.9 Å². The summed E-state index contributed by atoms with van der Waals surface area (Å²) in [5.74, 6) is 0. The van der Waals surface area contributed by atoms with E-state index in [2.05, 4.69) is 25.9 Å². The van der Waals surface area contributed by atoms with Gasteiger partial charge < -0.3 is 0 Å². The second-order valence-electron chi connectivity index (χ2n) is 7.55. The van der Waals surface area contributed by atoms with Gasteiger partial charge in [-0.2, -0.15) is 5.01 Å².